The van der Waals surface area contributed by atoms with Gasteiger partial charge < -0.3 is 22.1 Å². The number of anilines is 3. The van der Waals surface area contributed by atoms with Gasteiger partial charge in [0.15, 0.2) is 0 Å². The first-order valence-electron chi connectivity index (χ1n) is 7.12. The van der Waals surface area contributed by atoms with Crippen LogP contribution in [0.3, 0.4) is 0 Å². The van der Waals surface area contributed by atoms with Gasteiger partial charge in [-0.3, -0.25) is 0 Å². The van der Waals surface area contributed by atoms with E-state index in [0.29, 0.717) is 17.2 Å². The van der Waals surface area contributed by atoms with Gasteiger partial charge in [-0.25, -0.2) is 14.1 Å². The number of nitrogens with two attached hydrogens (primary N) is 2. The summed E-state index contributed by atoms with van der Waals surface area (Å²) in [5.41, 5.74) is 12.6. The molecule has 0 aromatic carbocycles. The fraction of sp³-hybridized carbons (Fsp3) is 0.429. The fourth-order valence-electron chi connectivity index (χ4n) is 2.06. The number of nitrogens with zero attached hydrogens (tertiary/aromatic N) is 3. The van der Waals surface area contributed by atoms with Crippen molar-refractivity contribution in [2.45, 2.75) is 13.0 Å². The number of imidazole rings is 1. The lowest BCUT2D eigenvalue weighted by Gasteiger charge is -2.09. The van der Waals surface area contributed by atoms with E-state index in [1.807, 2.05) is 17.8 Å². The molecule has 0 unspecified atom stereocenters. The minimum Gasteiger partial charge on any atom is -0.397 e. The van der Waals surface area contributed by atoms with Crippen LogP contribution in [0.2, 0.25) is 0 Å². The summed E-state index contributed by atoms with van der Waals surface area (Å²) in [6.07, 6.45) is 8.90. The zero-order valence-corrected chi connectivity index (χ0v) is 12.4. The van der Waals surface area contributed by atoms with E-state index in [0.717, 1.165) is 32.6 Å². The van der Waals surface area contributed by atoms with Crippen LogP contribution in [0.1, 0.15) is 6.42 Å². The van der Waals surface area contributed by atoms with Crippen LogP contribution in [-0.2, 0) is 13.6 Å². The maximum atomic E-state index is 5.82. The van der Waals surface area contributed by atoms with Crippen LogP contribution in [0.4, 0.5) is 17.2 Å². The van der Waals surface area contributed by atoms with Crippen molar-refractivity contribution in [3.63, 3.8) is 0 Å². The van der Waals surface area contributed by atoms with Crippen molar-refractivity contribution < 1.29 is 4.57 Å². The summed E-state index contributed by atoms with van der Waals surface area (Å²) in [5.74, 6) is 0.686. The Balaban J connectivity index is 1.56. The Hall–Kier alpha value is -2.28. The molecule has 0 saturated heterocycles. The second kappa shape index (κ2) is 7.49. The van der Waals surface area contributed by atoms with Gasteiger partial charge in [0.25, 0.3) is 0 Å². The normalized spacial score (nSPS) is 10.7. The van der Waals surface area contributed by atoms with Gasteiger partial charge in [0.2, 0.25) is 6.33 Å². The molecule has 21 heavy (non-hydrogen) atoms. The standard InChI is InChI=1S/C14H24N7/c1-20-7-8-21(11-20)6-2-3-17-4-5-18-14-13(16)9-12(15)10-19-14/h7-11,17H,2-6,15-16H2,1H3,(H,18,19)/q+1. The van der Waals surface area contributed by atoms with Crippen LogP contribution in [0.25, 0.3) is 0 Å². The average molecular weight is 290 g/mol. The van der Waals surface area contributed by atoms with E-state index in [1.165, 1.54) is 0 Å². The van der Waals surface area contributed by atoms with Crippen molar-refractivity contribution in [3.8, 4) is 0 Å². The number of pyridine rings is 1. The third-order valence-corrected chi connectivity index (χ3v) is 3.13. The van der Waals surface area contributed by atoms with Crippen molar-refractivity contribution in [2.24, 2.45) is 7.05 Å². The monoisotopic (exact) mass is 290 g/mol. The highest BCUT2D eigenvalue weighted by Crippen LogP contribution is 2.16. The summed E-state index contributed by atoms with van der Waals surface area (Å²) in [6, 6.07) is 1.71. The molecule has 0 aliphatic heterocycles. The molecule has 0 atom stereocenters. The molecule has 0 saturated carbocycles. The largest absolute Gasteiger partial charge is 0.397 e. The molecule has 0 amide bonds. The van der Waals surface area contributed by atoms with Gasteiger partial charge in [-0.2, -0.15) is 0 Å². The van der Waals surface area contributed by atoms with Crippen LogP contribution < -0.4 is 26.7 Å². The van der Waals surface area contributed by atoms with Crippen molar-refractivity contribution in [2.75, 3.05) is 36.4 Å². The first-order chi connectivity index (χ1) is 10.1. The molecule has 2 rings (SSSR count). The summed E-state index contributed by atoms with van der Waals surface area (Å²) >= 11 is 0. The van der Waals surface area contributed by atoms with Gasteiger partial charge >= 0.3 is 0 Å². The zero-order valence-electron chi connectivity index (χ0n) is 12.4. The molecular weight excluding hydrogens is 266 g/mol. The number of hydrogen-bond acceptors (Lipinski definition) is 5. The summed E-state index contributed by atoms with van der Waals surface area (Å²) in [5, 5.41) is 6.58. The lowest BCUT2D eigenvalue weighted by Crippen LogP contribution is -2.25. The van der Waals surface area contributed by atoms with Gasteiger partial charge in [0.05, 0.1) is 31.2 Å². The van der Waals surface area contributed by atoms with E-state index in [-0.39, 0.29) is 0 Å². The Morgan fingerprint density at radius 3 is 2.86 bits per heavy atom. The molecular formula is C14H24N7+. The summed E-state index contributed by atoms with van der Waals surface area (Å²) in [4.78, 5) is 4.16. The maximum absolute atomic E-state index is 5.82. The summed E-state index contributed by atoms with van der Waals surface area (Å²) < 4.78 is 4.22. The van der Waals surface area contributed by atoms with Crippen molar-refractivity contribution >= 4 is 17.2 Å². The Morgan fingerprint density at radius 1 is 1.29 bits per heavy atom. The first-order valence-corrected chi connectivity index (χ1v) is 7.12. The SMILES string of the molecule is C[n+]1ccn(CCCNCCNc2ncc(N)cc2N)c1. The molecule has 0 spiro atoms. The smallest absolute Gasteiger partial charge is 0.243 e. The van der Waals surface area contributed by atoms with Gasteiger partial charge in [0, 0.05) is 13.1 Å². The van der Waals surface area contributed by atoms with Gasteiger partial charge in [-0.15, -0.1) is 0 Å². The molecule has 2 heterocycles. The summed E-state index contributed by atoms with van der Waals surface area (Å²) in [7, 11) is 2.03. The minimum absolute atomic E-state index is 0.578. The lowest BCUT2D eigenvalue weighted by molar-refractivity contribution is -0.671. The molecule has 0 aliphatic carbocycles. The highest BCUT2D eigenvalue weighted by atomic mass is 15.1. The number of hydrogen-bond donors (Lipinski definition) is 4. The lowest BCUT2D eigenvalue weighted by atomic mass is 10.3. The van der Waals surface area contributed by atoms with Crippen LogP contribution in [0, 0.1) is 0 Å². The Morgan fingerprint density at radius 2 is 2.14 bits per heavy atom. The molecule has 0 fully saturated rings. The molecule has 2 aromatic heterocycles. The number of aromatic nitrogens is 3. The molecule has 0 radical (unpaired) electrons. The average Bonchev–Trinajstić information content (AvgIpc) is 2.85. The van der Waals surface area contributed by atoms with Crippen LogP contribution in [-0.4, -0.2) is 29.2 Å². The van der Waals surface area contributed by atoms with Crippen molar-refractivity contribution in [1.82, 2.24) is 14.9 Å². The quantitative estimate of drug-likeness (QED) is 0.404. The van der Waals surface area contributed by atoms with E-state index in [2.05, 4.69) is 32.7 Å². The van der Waals surface area contributed by atoms with Crippen molar-refractivity contribution in [1.29, 1.82) is 0 Å². The summed E-state index contributed by atoms with van der Waals surface area (Å²) in [6.45, 7) is 3.65. The Kier molecular flexibility index (Phi) is 5.39. The minimum atomic E-state index is 0.578. The fourth-order valence-corrected chi connectivity index (χ4v) is 2.06. The molecule has 6 N–H and O–H groups in total. The molecule has 7 nitrogen and oxygen atoms in total. The third kappa shape index (κ3) is 4.96. The topological polar surface area (TPSA) is 97.8 Å². The Labute approximate surface area is 125 Å². The first kappa shape index (κ1) is 15.1. The molecule has 0 bridgehead atoms. The molecule has 114 valence electrons. The second-order valence-electron chi connectivity index (χ2n) is 5.05. The van der Waals surface area contributed by atoms with E-state index in [1.54, 1.807) is 12.3 Å². The van der Waals surface area contributed by atoms with E-state index in [4.69, 9.17) is 11.5 Å². The van der Waals surface area contributed by atoms with Gasteiger partial charge in [-0.1, -0.05) is 0 Å². The number of nitrogens with one attached hydrogen (secondary N) is 2. The van der Waals surface area contributed by atoms with Crippen LogP contribution in [0.15, 0.2) is 31.0 Å². The molecule has 0 aliphatic rings. The highest BCUT2D eigenvalue weighted by Gasteiger charge is 2.01. The third-order valence-electron chi connectivity index (χ3n) is 3.13. The molecule has 2 aromatic rings. The van der Waals surface area contributed by atoms with Crippen LogP contribution >= 0.6 is 0 Å². The van der Waals surface area contributed by atoms with E-state index >= 15 is 0 Å². The second-order valence-corrected chi connectivity index (χ2v) is 5.05. The predicted octanol–water partition coefficient (Wildman–Crippen LogP) is -0.0362. The van der Waals surface area contributed by atoms with Gasteiger partial charge in [-0.05, 0) is 19.0 Å². The van der Waals surface area contributed by atoms with E-state index < -0.39 is 0 Å². The maximum Gasteiger partial charge on any atom is 0.243 e. The van der Waals surface area contributed by atoms with Gasteiger partial charge in [0.1, 0.15) is 18.2 Å². The highest BCUT2D eigenvalue weighted by molar-refractivity contribution is 5.65. The zero-order chi connectivity index (χ0) is 15.1. The predicted molar refractivity (Wildman–Crippen MR) is 84.6 cm³/mol. The number of aryl methyl sites for hydroxylation is 2. The molecule has 7 heteroatoms. The van der Waals surface area contributed by atoms with Crippen LogP contribution in [0.5, 0.6) is 0 Å². The van der Waals surface area contributed by atoms with E-state index in [9.17, 15) is 0 Å². The number of nitrogen functional groups attached to an aromatic ring is 2. The van der Waals surface area contributed by atoms with Crippen molar-refractivity contribution in [3.05, 3.63) is 31.0 Å². The number of rotatable bonds is 8. The Bertz CT molecular complexity index is 564.